The van der Waals surface area contributed by atoms with Crippen LogP contribution in [0.25, 0.3) is 5.69 Å². The number of carbonyl (C=O) groups excluding carboxylic acids is 1. The smallest absolute Gasteiger partial charge is 0.325 e. The molecule has 1 N–H and O–H groups in total. The van der Waals surface area contributed by atoms with Gasteiger partial charge >= 0.3 is 6.18 Å². The lowest BCUT2D eigenvalue weighted by molar-refractivity contribution is -0.137. The van der Waals surface area contributed by atoms with Gasteiger partial charge in [0.15, 0.2) is 0 Å². The Morgan fingerprint density at radius 3 is 2.61 bits per heavy atom. The number of benzene rings is 2. The Kier molecular flexibility index (Phi) is 6.26. The van der Waals surface area contributed by atoms with Gasteiger partial charge in [0.25, 0.3) is 0 Å². The fraction of sp³-hybridized carbons (Fsp3) is 0.125. The van der Waals surface area contributed by atoms with Crippen LogP contribution in [0.1, 0.15) is 5.56 Å². The van der Waals surface area contributed by atoms with Crippen LogP contribution in [0.2, 0.25) is 5.02 Å². The quantitative estimate of drug-likeness (QED) is 0.517. The Labute approximate surface area is 174 Å². The van der Waals surface area contributed by atoms with Gasteiger partial charge in [0, 0.05) is 10.2 Å². The molecule has 3 rings (SSSR count). The molecular weight excluding hydrogens is 483 g/mol. The minimum absolute atomic E-state index is 0.00479. The maximum absolute atomic E-state index is 12.9. The third-order valence-corrected chi connectivity index (χ3v) is 5.18. The van der Waals surface area contributed by atoms with Crippen LogP contribution in [0.5, 0.6) is 0 Å². The Bertz CT molecular complexity index is 997. The summed E-state index contributed by atoms with van der Waals surface area (Å²) in [6.45, 7) is 0. The fourth-order valence-electron chi connectivity index (χ4n) is 2.16. The number of anilines is 1. The number of aromatic nitrogens is 4. The number of carbonyl (C=O) groups is 1. The molecule has 0 fully saturated rings. The minimum atomic E-state index is -4.61. The molecule has 0 aliphatic heterocycles. The van der Waals surface area contributed by atoms with Gasteiger partial charge in [0.1, 0.15) is 0 Å². The molecule has 0 saturated carbocycles. The fourth-order valence-corrected chi connectivity index (χ4v) is 3.34. The first kappa shape index (κ1) is 20.6. The molecule has 3 aromatic rings. The number of amides is 1. The molecule has 1 aromatic heterocycles. The van der Waals surface area contributed by atoms with E-state index in [4.69, 9.17) is 11.6 Å². The maximum Gasteiger partial charge on any atom is 0.417 e. The highest BCUT2D eigenvalue weighted by Gasteiger charge is 2.33. The highest BCUT2D eigenvalue weighted by molar-refractivity contribution is 9.10. The molecule has 2 aromatic carbocycles. The molecule has 1 amide bonds. The standard InChI is InChI=1S/C16H10BrClF3N5OS/c17-9-1-4-11(5-2-9)26-15(23-24-25-26)28-8-14(27)22-10-3-6-13(18)12(7-10)16(19,20)21/h1-7H,8H2,(H,22,27). The highest BCUT2D eigenvalue weighted by atomic mass is 79.9. The molecule has 0 spiro atoms. The van der Waals surface area contributed by atoms with Crippen molar-refractivity contribution in [2.45, 2.75) is 11.3 Å². The van der Waals surface area contributed by atoms with E-state index in [1.807, 2.05) is 12.1 Å². The van der Waals surface area contributed by atoms with E-state index in [1.165, 1.54) is 10.7 Å². The van der Waals surface area contributed by atoms with Crippen molar-refractivity contribution in [2.75, 3.05) is 11.1 Å². The van der Waals surface area contributed by atoms with E-state index in [0.29, 0.717) is 10.8 Å². The van der Waals surface area contributed by atoms with Crippen molar-refractivity contribution in [3.8, 4) is 5.69 Å². The van der Waals surface area contributed by atoms with Gasteiger partial charge in [-0.05, 0) is 52.9 Å². The van der Waals surface area contributed by atoms with Crippen LogP contribution < -0.4 is 5.32 Å². The van der Waals surface area contributed by atoms with Crippen molar-refractivity contribution in [1.29, 1.82) is 0 Å². The highest BCUT2D eigenvalue weighted by Crippen LogP contribution is 2.36. The summed E-state index contributed by atoms with van der Waals surface area (Å²) in [7, 11) is 0. The molecule has 146 valence electrons. The van der Waals surface area contributed by atoms with Gasteiger partial charge < -0.3 is 5.32 Å². The van der Waals surface area contributed by atoms with E-state index >= 15 is 0 Å². The van der Waals surface area contributed by atoms with Crippen LogP contribution in [0.3, 0.4) is 0 Å². The summed E-state index contributed by atoms with van der Waals surface area (Å²) in [6, 6.07) is 10.4. The van der Waals surface area contributed by atoms with E-state index in [1.54, 1.807) is 12.1 Å². The van der Waals surface area contributed by atoms with Gasteiger partial charge in [0.2, 0.25) is 11.1 Å². The average molecular weight is 493 g/mol. The molecule has 0 aliphatic carbocycles. The number of tetrazole rings is 1. The van der Waals surface area contributed by atoms with E-state index in [0.717, 1.165) is 28.4 Å². The summed E-state index contributed by atoms with van der Waals surface area (Å²) in [5.41, 5.74) is -0.322. The van der Waals surface area contributed by atoms with Gasteiger partial charge in [-0.2, -0.15) is 17.9 Å². The van der Waals surface area contributed by atoms with Crippen LogP contribution in [-0.4, -0.2) is 31.9 Å². The van der Waals surface area contributed by atoms with Crippen molar-refractivity contribution >= 4 is 50.9 Å². The molecular formula is C16H10BrClF3N5OS. The van der Waals surface area contributed by atoms with Crippen molar-refractivity contribution in [3.63, 3.8) is 0 Å². The monoisotopic (exact) mass is 491 g/mol. The summed E-state index contributed by atoms with van der Waals surface area (Å²) < 4.78 is 41.0. The normalized spacial score (nSPS) is 11.5. The summed E-state index contributed by atoms with van der Waals surface area (Å²) >= 11 is 9.95. The lowest BCUT2D eigenvalue weighted by atomic mass is 10.2. The maximum atomic E-state index is 12.9. The summed E-state index contributed by atoms with van der Waals surface area (Å²) in [5, 5.41) is 13.7. The molecule has 0 atom stereocenters. The van der Waals surface area contributed by atoms with E-state index < -0.39 is 22.7 Å². The second kappa shape index (κ2) is 8.50. The minimum Gasteiger partial charge on any atom is -0.325 e. The van der Waals surface area contributed by atoms with Gasteiger partial charge in [0.05, 0.1) is 22.0 Å². The van der Waals surface area contributed by atoms with Gasteiger partial charge in [-0.3, -0.25) is 4.79 Å². The molecule has 0 saturated heterocycles. The van der Waals surface area contributed by atoms with Gasteiger partial charge in [-0.15, -0.1) is 5.10 Å². The largest absolute Gasteiger partial charge is 0.417 e. The van der Waals surface area contributed by atoms with E-state index in [2.05, 4.69) is 36.8 Å². The molecule has 12 heteroatoms. The van der Waals surface area contributed by atoms with Crippen LogP contribution in [-0.2, 0) is 11.0 Å². The molecule has 0 unspecified atom stereocenters. The zero-order chi connectivity index (χ0) is 20.3. The van der Waals surface area contributed by atoms with Gasteiger partial charge in [-0.1, -0.05) is 39.3 Å². The predicted molar refractivity (Wildman–Crippen MR) is 103 cm³/mol. The second-order valence-electron chi connectivity index (χ2n) is 5.38. The number of thioether (sulfide) groups is 1. The average Bonchev–Trinajstić information content (AvgIpc) is 3.10. The van der Waals surface area contributed by atoms with E-state index in [9.17, 15) is 18.0 Å². The Hall–Kier alpha value is -2.11. The number of rotatable bonds is 5. The molecule has 0 bridgehead atoms. The Balaban J connectivity index is 1.66. The van der Waals surface area contributed by atoms with Crippen molar-refractivity contribution < 1.29 is 18.0 Å². The number of hydrogen-bond acceptors (Lipinski definition) is 5. The van der Waals surface area contributed by atoms with Crippen LogP contribution >= 0.6 is 39.3 Å². The molecule has 28 heavy (non-hydrogen) atoms. The first-order valence-corrected chi connectivity index (χ1v) is 9.73. The Morgan fingerprint density at radius 1 is 1.21 bits per heavy atom. The van der Waals surface area contributed by atoms with Crippen molar-refractivity contribution in [2.24, 2.45) is 0 Å². The first-order chi connectivity index (χ1) is 13.2. The summed E-state index contributed by atoms with van der Waals surface area (Å²) in [4.78, 5) is 12.1. The topological polar surface area (TPSA) is 72.7 Å². The lowest BCUT2D eigenvalue weighted by Gasteiger charge is -2.11. The van der Waals surface area contributed by atoms with Gasteiger partial charge in [-0.25, -0.2) is 0 Å². The second-order valence-corrected chi connectivity index (χ2v) is 7.64. The number of alkyl halides is 3. The zero-order valence-electron chi connectivity index (χ0n) is 13.7. The van der Waals surface area contributed by atoms with Crippen molar-refractivity contribution in [3.05, 3.63) is 57.5 Å². The summed E-state index contributed by atoms with van der Waals surface area (Å²) in [6.07, 6.45) is -4.61. The zero-order valence-corrected chi connectivity index (χ0v) is 16.9. The number of nitrogens with zero attached hydrogens (tertiary/aromatic N) is 4. The van der Waals surface area contributed by atoms with E-state index in [-0.39, 0.29) is 11.4 Å². The first-order valence-electron chi connectivity index (χ1n) is 7.58. The summed E-state index contributed by atoms with van der Waals surface area (Å²) in [5.74, 6) is -0.605. The van der Waals surface area contributed by atoms with Crippen LogP contribution in [0.15, 0.2) is 52.1 Å². The predicted octanol–water partition coefficient (Wildman–Crippen LogP) is 4.83. The molecule has 1 heterocycles. The molecule has 6 nitrogen and oxygen atoms in total. The number of nitrogens with one attached hydrogen (secondary N) is 1. The number of halogens is 5. The third-order valence-electron chi connectivity index (χ3n) is 3.40. The molecule has 0 radical (unpaired) electrons. The third kappa shape index (κ3) is 5.03. The van der Waals surface area contributed by atoms with Crippen LogP contribution in [0.4, 0.5) is 18.9 Å². The Morgan fingerprint density at radius 2 is 1.93 bits per heavy atom. The SMILES string of the molecule is O=C(CSc1nnnn1-c1ccc(Br)cc1)Nc1ccc(Cl)c(C(F)(F)F)c1. The molecule has 0 aliphatic rings. The number of hydrogen-bond donors (Lipinski definition) is 1. The van der Waals surface area contributed by atoms with Crippen LogP contribution in [0, 0.1) is 0 Å². The van der Waals surface area contributed by atoms with Crippen molar-refractivity contribution in [1.82, 2.24) is 20.2 Å². The lowest BCUT2D eigenvalue weighted by Crippen LogP contribution is -2.15.